The molecule has 1 N–H and O–H groups in total. The first-order valence-electron chi connectivity index (χ1n) is 11.3. The maximum absolute atomic E-state index is 14.1. The first-order chi connectivity index (χ1) is 17.0. The van der Waals surface area contributed by atoms with E-state index in [-0.39, 0.29) is 11.5 Å². The standard InChI is InChI=1S/C27H24N4O3S/c1-30(25-16-35-17-29-25)24(13-18-5-3-2-4-6-18)26(32)31-12-9-21-22(27(33)34)14-20(15-23(21)31)19-7-10-28-11-8-19/h2-8,10-11,14-17,24H,9,12-13H2,1H3,(H,33,34). The Bertz CT molecular complexity index is 1340. The van der Waals surface area contributed by atoms with Crippen molar-refractivity contribution in [3.8, 4) is 11.1 Å². The highest BCUT2D eigenvalue weighted by Gasteiger charge is 2.35. The molecule has 0 fully saturated rings. The number of anilines is 2. The zero-order valence-corrected chi connectivity index (χ0v) is 20.0. The highest BCUT2D eigenvalue weighted by molar-refractivity contribution is 7.07. The Morgan fingerprint density at radius 3 is 2.57 bits per heavy atom. The van der Waals surface area contributed by atoms with Crippen molar-refractivity contribution in [3.63, 3.8) is 0 Å². The molecule has 1 atom stereocenters. The molecule has 1 aliphatic heterocycles. The fourth-order valence-electron chi connectivity index (χ4n) is 4.58. The van der Waals surface area contributed by atoms with Gasteiger partial charge < -0.3 is 14.9 Å². The second kappa shape index (κ2) is 9.68. The van der Waals surface area contributed by atoms with Crippen LogP contribution in [-0.4, -0.2) is 46.6 Å². The molecule has 3 heterocycles. The average Bonchev–Trinajstić information content (AvgIpc) is 3.57. The van der Waals surface area contributed by atoms with Crippen LogP contribution >= 0.6 is 11.3 Å². The van der Waals surface area contributed by atoms with Gasteiger partial charge in [-0.1, -0.05) is 30.3 Å². The van der Waals surface area contributed by atoms with E-state index in [4.69, 9.17) is 0 Å². The lowest BCUT2D eigenvalue weighted by Gasteiger charge is -2.31. The predicted molar refractivity (Wildman–Crippen MR) is 137 cm³/mol. The number of hydrogen-bond acceptors (Lipinski definition) is 6. The molecule has 4 aromatic rings. The average molecular weight is 485 g/mol. The summed E-state index contributed by atoms with van der Waals surface area (Å²) < 4.78 is 0. The molecule has 2 aromatic carbocycles. The smallest absolute Gasteiger partial charge is 0.336 e. The molecule has 5 rings (SSSR count). The number of amides is 1. The van der Waals surface area contributed by atoms with Gasteiger partial charge in [0.2, 0.25) is 5.91 Å². The Balaban J connectivity index is 1.55. The first-order valence-corrected chi connectivity index (χ1v) is 12.2. The highest BCUT2D eigenvalue weighted by atomic mass is 32.1. The van der Waals surface area contributed by atoms with Gasteiger partial charge >= 0.3 is 5.97 Å². The van der Waals surface area contributed by atoms with E-state index in [1.54, 1.807) is 28.9 Å². The van der Waals surface area contributed by atoms with Gasteiger partial charge in [-0.05, 0) is 52.9 Å². The molecule has 176 valence electrons. The molecule has 0 saturated carbocycles. The van der Waals surface area contributed by atoms with Crippen molar-refractivity contribution in [3.05, 3.63) is 94.6 Å². The summed E-state index contributed by atoms with van der Waals surface area (Å²) in [6, 6.07) is 16.7. The van der Waals surface area contributed by atoms with Gasteiger partial charge in [0.05, 0.1) is 11.1 Å². The van der Waals surface area contributed by atoms with Crippen LogP contribution in [0.4, 0.5) is 11.5 Å². The van der Waals surface area contributed by atoms with Gasteiger partial charge in [0.1, 0.15) is 11.9 Å². The lowest BCUT2D eigenvalue weighted by atomic mass is 9.97. The molecule has 1 amide bonds. The van der Waals surface area contributed by atoms with Crippen molar-refractivity contribution in [2.24, 2.45) is 0 Å². The van der Waals surface area contributed by atoms with Crippen LogP contribution in [0.15, 0.2) is 77.9 Å². The van der Waals surface area contributed by atoms with Crippen LogP contribution in [-0.2, 0) is 17.6 Å². The lowest BCUT2D eigenvalue weighted by Crippen LogP contribution is -2.48. The van der Waals surface area contributed by atoms with Crippen molar-refractivity contribution in [1.29, 1.82) is 0 Å². The molecular weight excluding hydrogens is 460 g/mol. The number of rotatable bonds is 7. The Morgan fingerprint density at radius 2 is 1.89 bits per heavy atom. The Hall–Kier alpha value is -4.04. The molecule has 8 heteroatoms. The SMILES string of the molecule is CN(c1cscn1)C(Cc1ccccc1)C(=O)N1CCc2c(C(=O)O)cc(-c3ccncc3)cc21. The van der Waals surface area contributed by atoms with Crippen molar-refractivity contribution in [2.45, 2.75) is 18.9 Å². The van der Waals surface area contributed by atoms with Crippen LogP contribution in [0.1, 0.15) is 21.5 Å². The molecule has 0 aliphatic carbocycles. The molecule has 0 radical (unpaired) electrons. The minimum absolute atomic E-state index is 0.0775. The quantitative estimate of drug-likeness (QED) is 0.415. The molecule has 1 aliphatic rings. The van der Waals surface area contributed by atoms with Gasteiger partial charge in [0, 0.05) is 43.5 Å². The van der Waals surface area contributed by atoms with E-state index in [1.165, 1.54) is 11.3 Å². The lowest BCUT2D eigenvalue weighted by molar-refractivity contribution is -0.119. The van der Waals surface area contributed by atoms with Crippen molar-refractivity contribution >= 4 is 34.7 Å². The first kappa shape index (κ1) is 22.7. The molecule has 0 saturated heterocycles. The van der Waals surface area contributed by atoms with Crippen LogP contribution in [0.5, 0.6) is 0 Å². The van der Waals surface area contributed by atoms with Crippen molar-refractivity contribution < 1.29 is 14.7 Å². The van der Waals surface area contributed by atoms with E-state index in [2.05, 4.69) is 9.97 Å². The molecule has 2 aromatic heterocycles. The number of carbonyl (C=O) groups is 2. The number of hydrogen-bond donors (Lipinski definition) is 1. The third-order valence-electron chi connectivity index (χ3n) is 6.42. The van der Waals surface area contributed by atoms with Crippen LogP contribution in [0.2, 0.25) is 0 Å². The van der Waals surface area contributed by atoms with E-state index in [0.717, 1.165) is 22.5 Å². The summed E-state index contributed by atoms with van der Waals surface area (Å²) >= 11 is 1.48. The summed E-state index contributed by atoms with van der Waals surface area (Å²) in [5.41, 5.74) is 5.98. The zero-order chi connectivity index (χ0) is 24.4. The van der Waals surface area contributed by atoms with Gasteiger partial charge in [-0.25, -0.2) is 9.78 Å². The van der Waals surface area contributed by atoms with Crippen molar-refractivity contribution in [1.82, 2.24) is 9.97 Å². The minimum atomic E-state index is -0.994. The van der Waals surface area contributed by atoms with Crippen LogP contribution in [0.3, 0.4) is 0 Å². The Kier molecular flexibility index (Phi) is 6.29. The largest absolute Gasteiger partial charge is 0.478 e. The number of nitrogens with zero attached hydrogens (tertiary/aromatic N) is 4. The van der Waals surface area contributed by atoms with Crippen molar-refractivity contribution in [2.75, 3.05) is 23.4 Å². The number of aromatic carboxylic acids is 1. The fourth-order valence-corrected chi connectivity index (χ4v) is 5.16. The summed E-state index contributed by atoms with van der Waals surface area (Å²) in [7, 11) is 1.88. The van der Waals surface area contributed by atoms with Crippen LogP contribution in [0.25, 0.3) is 11.1 Å². The van der Waals surface area contributed by atoms with Gasteiger partial charge in [0.15, 0.2) is 0 Å². The fraction of sp³-hybridized carbons (Fsp3) is 0.185. The summed E-state index contributed by atoms with van der Waals surface area (Å²) in [6.45, 7) is 0.435. The number of likely N-dealkylation sites (N-methyl/N-ethyl adjacent to an activating group) is 1. The number of fused-ring (bicyclic) bond motifs is 1. The number of thiazole rings is 1. The Morgan fingerprint density at radius 1 is 1.11 bits per heavy atom. The van der Waals surface area contributed by atoms with E-state index in [1.807, 2.05) is 65.9 Å². The van der Waals surface area contributed by atoms with Crippen LogP contribution < -0.4 is 9.80 Å². The second-order valence-corrected chi connectivity index (χ2v) is 9.18. The number of benzene rings is 2. The molecule has 1 unspecified atom stereocenters. The topological polar surface area (TPSA) is 86.6 Å². The summed E-state index contributed by atoms with van der Waals surface area (Å²) in [4.78, 5) is 38.3. The minimum Gasteiger partial charge on any atom is -0.478 e. The third-order valence-corrected chi connectivity index (χ3v) is 6.99. The molecule has 0 bridgehead atoms. The normalized spacial score (nSPS) is 13.3. The van der Waals surface area contributed by atoms with E-state index in [9.17, 15) is 14.7 Å². The van der Waals surface area contributed by atoms with Gasteiger partial charge in [-0.3, -0.25) is 9.78 Å². The monoisotopic (exact) mass is 484 g/mol. The molecule has 35 heavy (non-hydrogen) atoms. The Labute approximate surface area is 207 Å². The van der Waals surface area contributed by atoms with Gasteiger partial charge in [-0.15, -0.1) is 11.3 Å². The van der Waals surface area contributed by atoms with Crippen LogP contribution in [0, 0.1) is 0 Å². The number of carbonyl (C=O) groups excluding carboxylic acids is 1. The number of carboxylic acids is 1. The van der Waals surface area contributed by atoms with Gasteiger partial charge in [0.25, 0.3) is 0 Å². The molecule has 7 nitrogen and oxygen atoms in total. The van der Waals surface area contributed by atoms with E-state index >= 15 is 0 Å². The third kappa shape index (κ3) is 4.52. The summed E-state index contributed by atoms with van der Waals surface area (Å²) in [5.74, 6) is -0.335. The number of pyridine rings is 1. The highest BCUT2D eigenvalue weighted by Crippen LogP contribution is 2.37. The van der Waals surface area contributed by atoms with E-state index in [0.29, 0.717) is 30.6 Å². The van der Waals surface area contributed by atoms with E-state index < -0.39 is 12.0 Å². The summed E-state index contributed by atoms with van der Waals surface area (Å²) in [6.07, 6.45) is 4.35. The second-order valence-electron chi connectivity index (χ2n) is 8.47. The zero-order valence-electron chi connectivity index (χ0n) is 19.2. The molecule has 0 spiro atoms. The predicted octanol–water partition coefficient (Wildman–Crippen LogP) is 4.54. The molecular formula is C27H24N4O3S. The maximum Gasteiger partial charge on any atom is 0.336 e. The number of aromatic nitrogens is 2. The van der Waals surface area contributed by atoms with Gasteiger partial charge in [-0.2, -0.15) is 0 Å². The summed E-state index contributed by atoms with van der Waals surface area (Å²) in [5, 5.41) is 11.9. The maximum atomic E-state index is 14.1. The number of carboxylic acid groups (broad SMARTS) is 1.